The Hall–Kier alpha value is -1.56. The summed E-state index contributed by atoms with van der Waals surface area (Å²) in [5.74, 6) is -1.05. The Morgan fingerprint density at radius 1 is 1.33 bits per heavy atom. The van der Waals surface area contributed by atoms with Gasteiger partial charge in [-0.3, -0.25) is 0 Å². The third kappa shape index (κ3) is 5.04. The second kappa shape index (κ2) is 6.93. The van der Waals surface area contributed by atoms with Gasteiger partial charge in [-0.1, -0.05) is 43.6 Å². The van der Waals surface area contributed by atoms with Gasteiger partial charge in [-0.15, -0.1) is 0 Å². The lowest BCUT2D eigenvalue weighted by Gasteiger charge is -2.27. The molecule has 0 radical (unpaired) electrons. The molecule has 6 heteroatoms. The van der Waals surface area contributed by atoms with E-state index in [0.29, 0.717) is 5.69 Å². The molecule has 1 aromatic carbocycles. The Bertz CT molecular complexity index is 538. The first kappa shape index (κ1) is 17.5. The van der Waals surface area contributed by atoms with Crippen LogP contribution < -0.4 is 10.6 Å². The second-order valence-electron chi connectivity index (χ2n) is 5.89. The molecular weight excluding hydrogens is 336 g/mol. The first-order valence-electron chi connectivity index (χ1n) is 6.74. The van der Waals surface area contributed by atoms with Crippen LogP contribution in [0.4, 0.5) is 10.5 Å². The van der Waals surface area contributed by atoms with Gasteiger partial charge < -0.3 is 15.7 Å². The maximum atomic E-state index is 12.0. The Kier molecular flexibility index (Phi) is 5.78. The van der Waals surface area contributed by atoms with Gasteiger partial charge in [0, 0.05) is 10.2 Å². The van der Waals surface area contributed by atoms with Gasteiger partial charge in [-0.05, 0) is 35.6 Å². The van der Waals surface area contributed by atoms with E-state index in [9.17, 15) is 14.7 Å². The van der Waals surface area contributed by atoms with E-state index >= 15 is 0 Å². The molecule has 21 heavy (non-hydrogen) atoms. The molecule has 3 N–H and O–H groups in total. The van der Waals surface area contributed by atoms with Crippen molar-refractivity contribution in [3.63, 3.8) is 0 Å². The molecular formula is C15H21BrN2O3. The van der Waals surface area contributed by atoms with Crippen molar-refractivity contribution in [1.29, 1.82) is 0 Å². The zero-order valence-electron chi connectivity index (χ0n) is 12.7. The Morgan fingerprint density at radius 2 is 1.95 bits per heavy atom. The summed E-state index contributed by atoms with van der Waals surface area (Å²) in [4.78, 5) is 23.3. The fourth-order valence-electron chi connectivity index (χ4n) is 1.91. The first-order chi connectivity index (χ1) is 9.65. The van der Waals surface area contributed by atoms with E-state index in [1.54, 1.807) is 26.8 Å². The monoisotopic (exact) mass is 356 g/mol. The van der Waals surface area contributed by atoms with Gasteiger partial charge in [0.05, 0.1) is 0 Å². The lowest BCUT2D eigenvalue weighted by molar-refractivity contribution is -0.141. The van der Waals surface area contributed by atoms with Crippen LogP contribution in [0.3, 0.4) is 0 Å². The predicted octanol–water partition coefficient (Wildman–Crippen LogP) is 3.63. The number of nitrogens with one attached hydrogen (secondary N) is 2. The molecule has 2 amide bonds. The number of hydrogen-bond donors (Lipinski definition) is 3. The quantitative estimate of drug-likeness (QED) is 0.770. The van der Waals surface area contributed by atoms with Crippen LogP contribution in [0.25, 0.3) is 0 Å². The largest absolute Gasteiger partial charge is 0.480 e. The number of aliphatic carboxylic acids is 1. The summed E-state index contributed by atoms with van der Waals surface area (Å²) in [6, 6.07) is 4.06. The van der Waals surface area contributed by atoms with Crippen molar-refractivity contribution in [1.82, 2.24) is 5.32 Å². The lowest BCUT2D eigenvalue weighted by atomic mass is 9.87. The molecule has 0 aromatic heterocycles. The number of carbonyl (C=O) groups is 2. The summed E-state index contributed by atoms with van der Waals surface area (Å²) in [6.45, 7) is 7.29. The molecule has 0 aliphatic heterocycles. The molecule has 116 valence electrons. The number of amides is 2. The highest BCUT2D eigenvalue weighted by Gasteiger charge is 2.32. The maximum absolute atomic E-state index is 12.0. The number of rotatable bonds is 4. The van der Waals surface area contributed by atoms with Gasteiger partial charge in [0.1, 0.15) is 6.04 Å². The van der Waals surface area contributed by atoms with Crippen LogP contribution in [0, 0.1) is 5.41 Å². The van der Waals surface area contributed by atoms with E-state index in [1.165, 1.54) is 0 Å². The van der Waals surface area contributed by atoms with Crippen LogP contribution in [-0.4, -0.2) is 23.1 Å². The van der Waals surface area contributed by atoms with Gasteiger partial charge in [-0.2, -0.15) is 0 Å². The number of aryl methyl sites for hydroxylation is 1. The smallest absolute Gasteiger partial charge is 0.326 e. The number of urea groups is 1. The zero-order valence-corrected chi connectivity index (χ0v) is 14.2. The SMILES string of the molecule is CCc1cc(Br)ccc1NC(=O)N[C@@H](C(=O)O)C(C)(C)C. The van der Waals surface area contributed by atoms with E-state index < -0.39 is 23.5 Å². The highest BCUT2D eigenvalue weighted by atomic mass is 79.9. The van der Waals surface area contributed by atoms with Gasteiger partial charge >= 0.3 is 12.0 Å². The normalized spacial score (nSPS) is 12.6. The molecule has 0 aliphatic rings. The molecule has 1 rings (SSSR count). The summed E-state index contributed by atoms with van der Waals surface area (Å²) in [5.41, 5.74) is 1.08. The van der Waals surface area contributed by atoms with Crippen molar-refractivity contribution in [2.45, 2.75) is 40.2 Å². The number of hydrogen-bond acceptors (Lipinski definition) is 2. The van der Waals surface area contributed by atoms with Crippen LogP contribution in [0.15, 0.2) is 22.7 Å². The third-order valence-corrected chi connectivity index (χ3v) is 3.58. The molecule has 5 nitrogen and oxygen atoms in total. The fourth-order valence-corrected chi connectivity index (χ4v) is 2.32. The first-order valence-corrected chi connectivity index (χ1v) is 7.53. The Labute approximate surface area is 133 Å². The highest BCUT2D eigenvalue weighted by molar-refractivity contribution is 9.10. The number of carbonyl (C=O) groups excluding carboxylic acids is 1. The highest BCUT2D eigenvalue weighted by Crippen LogP contribution is 2.22. The maximum Gasteiger partial charge on any atom is 0.326 e. The predicted molar refractivity (Wildman–Crippen MR) is 86.6 cm³/mol. The minimum atomic E-state index is -1.05. The van der Waals surface area contributed by atoms with Gasteiger partial charge in [0.2, 0.25) is 0 Å². The summed E-state index contributed by atoms with van der Waals surface area (Å²) < 4.78 is 0.934. The minimum absolute atomic E-state index is 0.519. The summed E-state index contributed by atoms with van der Waals surface area (Å²) in [7, 11) is 0. The molecule has 0 fully saturated rings. The molecule has 1 aromatic rings. The average molecular weight is 357 g/mol. The average Bonchev–Trinajstić information content (AvgIpc) is 2.36. The second-order valence-corrected chi connectivity index (χ2v) is 6.81. The van der Waals surface area contributed by atoms with E-state index in [2.05, 4.69) is 26.6 Å². The molecule has 0 unspecified atom stereocenters. The van der Waals surface area contributed by atoms with E-state index in [0.717, 1.165) is 16.5 Å². The number of benzene rings is 1. The number of halogens is 1. The lowest BCUT2D eigenvalue weighted by Crippen LogP contribution is -2.50. The number of carboxylic acids is 1. The minimum Gasteiger partial charge on any atom is -0.480 e. The molecule has 0 aliphatic carbocycles. The summed E-state index contributed by atoms with van der Waals surface area (Å²) in [5, 5.41) is 14.4. The summed E-state index contributed by atoms with van der Waals surface area (Å²) >= 11 is 3.38. The van der Waals surface area contributed by atoms with Crippen LogP contribution in [0.5, 0.6) is 0 Å². The standard InChI is InChI=1S/C15H21BrN2O3/c1-5-9-8-10(16)6-7-11(9)17-14(21)18-12(13(19)20)15(2,3)4/h6-8,12H,5H2,1-4H3,(H,19,20)(H2,17,18,21)/t12-/m0/s1. The van der Waals surface area contributed by atoms with E-state index in [4.69, 9.17) is 0 Å². The topological polar surface area (TPSA) is 78.4 Å². The van der Waals surface area contributed by atoms with Crippen molar-refractivity contribution in [2.24, 2.45) is 5.41 Å². The van der Waals surface area contributed by atoms with Crippen LogP contribution >= 0.6 is 15.9 Å². The molecule has 0 bridgehead atoms. The van der Waals surface area contributed by atoms with Crippen molar-refractivity contribution in [3.05, 3.63) is 28.2 Å². The number of anilines is 1. The van der Waals surface area contributed by atoms with Crippen LogP contribution in [-0.2, 0) is 11.2 Å². The molecule has 0 saturated heterocycles. The fraction of sp³-hybridized carbons (Fsp3) is 0.467. The van der Waals surface area contributed by atoms with E-state index in [1.807, 2.05) is 19.1 Å². The molecule has 1 atom stereocenters. The van der Waals surface area contributed by atoms with Crippen molar-refractivity contribution < 1.29 is 14.7 Å². The van der Waals surface area contributed by atoms with E-state index in [-0.39, 0.29) is 0 Å². The van der Waals surface area contributed by atoms with Crippen molar-refractivity contribution in [2.75, 3.05) is 5.32 Å². The molecule has 0 spiro atoms. The number of carboxylic acid groups (broad SMARTS) is 1. The molecule has 0 saturated carbocycles. The van der Waals surface area contributed by atoms with Crippen molar-refractivity contribution >= 4 is 33.6 Å². The zero-order chi connectivity index (χ0) is 16.2. The van der Waals surface area contributed by atoms with Crippen LogP contribution in [0.2, 0.25) is 0 Å². The van der Waals surface area contributed by atoms with Gasteiger partial charge in [-0.25, -0.2) is 9.59 Å². The Balaban J connectivity index is 2.84. The van der Waals surface area contributed by atoms with Crippen LogP contribution in [0.1, 0.15) is 33.3 Å². The van der Waals surface area contributed by atoms with Gasteiger partial charge in [0.15, 0.2) is 0 Å². The van der Waals surface area contributed by atoms with Crippen molar-refractivity contribution in [3.8, 4) is 0 Å². The summed E-state index contributed by atoms with van der Waals surface area (Å²) in [6.07, 6.45) is 0.761. The van der Waals surface area contributed by atoms with Gasteiger partial charge in [0.25, 0.3) is 0 Å². The molecule has 0 heterocycles. The third-order valence-electron chi connectivity index (χ3n) is 3.08. The Morgan fingerprint density at radius 3 is 2.43 bits per heavy atom.